The molecule has 0 aromatic heterocycles. The Balaban J connectivity index is 2.28. The van der Waals surface area contributed by atoms with Crippen molar-refractivity contribution in [2.45, 2.75) is 32.3 Å². The van der Waals surface area contributed by atoms with Crippen molar-refractivity contribution in [1.29, 1.82) is 0 Å². The Kier molecular flexibility index (Phi) is 5.57. The Labute approximate surface area is 96.1 Å². The molecule has 1 aromatic rings. The van der Waals surface area contributed by atoms with Crippen LogP contribution in [0.25, 0.3) is 0 Å². The first-order chi connectivity index (χ1) is 7.76. The molecule has 0 amide bonds. The summed E-state index contributed by atoms with van der Waals surface area (Å²) in [6, 6.07) is 7.06. The first kappa shape index (κ1) is 12.7. The molecule has 1 rings (SSSR count). The highest BCUT2D eigenvalue weighted by molar-refractivity contribution is 5.75. The molecular formula is C13H18O3. The number of hydrogen-bond donors (Lipinski definition) is 1. The lowest BCUT2D eigenvalue weighted by molar-refractivity contribution is 0.112. The van der Waals surface area contributed by atoms with Crippen LogP contribution in [0.3, 0.4) is 0 Å². The summed E-state index contributed by atoms with van der Waals surface area (Å²) in [5.74, 6) is 0.704. The van der Waals surface area contributed by atoms with Crippen molar-refractivity contribution in [2.75, 3.05) is 6.61 Å². The summed E-state index contributed by atoms with van der Waals surface area (Å²) < 4.78 is 5.47. The van der Waals surface area contributed by atoms with Gasteiger partial charge in [-0.1, -0.05) is 19.1 Å². The third-order valence-corrected chi connectivity index (χ3v) is 2.42. The number of carbonyl (C=O) groups is 1. The highest BCUT2D eigenvalue weighted by Crippen LogP contribution is 2.12. The fourth-order valence-electron chi connectivity index (χ4n) is 1.39. The van der Waals surface area contributed by atoms with Gasteiger partial charge in [0, 0.05) is 5.56 Å². The van der Waals surface area contributed by atoms with Gasteiger partial charge in [0.25, 0.3) is 0 Å². The fraction of sp³-hybridized carbons (Fsp3) is 0.462. The predicted molar refractivity (Wildman–Crippen MR) is 62.9 cm³/mol. The predicted octanol–water partition coefficient (Wildman–Crippen LogP) is 2.43. The molecule has 16 heavy (non-hydrogen) atoms. The van der Waals surface area contributed by atoms with Crippen LogP contribution in [-0.4, -0.2) is 24.1 Å². The SMILES string of the molecule is CCC(O)CCCOc1cccc(C=O)c1. The number of benzene rings is 1. The van der Waals surface area contributed by atoms with E-state index in [0.717, 1.165) is 25.5 Å². The lowest BCUT2D eigenvalue weighted by Gasteiger charge is -2.09. The molecule has 0 saturated carbocycles. The molecule has 1 atom stereocenters. The smallest absolute Gasteiger partial charge is 0.150 e. The zero-order valence-corrected chi connectivity index (χ0v) is 9.56. The van der Waals surface area contributed by atoms with Crippen LogP contribution in [0.15, 0.2) is 24.3 Å². The van der Waals surface area contributed by atoms with Crippen molar-refractivity contribution in [3.8, 4) is 5.75 Å². The zero-order chi connectivity index (χ0) is 11.8. The Morgan fingerprint density at radius 2 is 2.31 bits per heavy atom. The zero-order valence-electron chi connectivity index (χ0n) is 9.56. The number of hydrogen-bond acceptors (Lipinski definition) is 3. The summed E-state index contributed by atoms with van der Waals surface area (Å²) >= 11 is 0. The van der Waals surface area contributed by atoms with Crippen molar-refractivity contribution in [3.63, 3.8) is 0 Å². The number of carbonyl (C=O) groups excluding carboxylic acids is 1. The second-order valence-electron chi connectivity index (χ2n) is 3.74. The maximum Gasteiger partial charge on any atom is 0.150 e. The molecule has 3 nitrogen and oxygen atoms in total. The van der Waals surface area contributed by atoms with Crippen LogP contribution in [0.1, 0.15) is 36.5 Å². The van der Waals surface area contributed by atoms with E-state index in [0.29, 0.717) is 17.9 Å². The molecule has 0 aliphatic rings. The topological polar surface area (TPSA) is 46.5 Å². The van der Waals surface area contributed by atoms with E-state index in [4.69, 9.17) is 4.74 Å². The van der Waals surface area contributed by atoms with Gasteiger partial charge in [-0.25, -0.2) is 0 Å². The molecule has 1 N–H and O–H groups in total. The second-order valence-corrected chi connectivity index (χ2v) is 3.74. The van der Waals surface area contributed by atoms with Crippen LogP contribution in [0, 0.1) is 0 Å². The quantitative estimate of drug-likeness (QED) is 0.569. The van der Waals surface area contributed by atoms with Gasteiger partial charge in [-0.3, -0.25) is 4.79 Å². The van der Waals surface area contributed by atoms with Gasteiger partial charge in [0.2, 0.25) is 0 Å². The first-order valence-electron chi connectivity index (χ1n) is 5.62. The minimum atomic E-state index is -0.232. The van der Waals surface area contributed by atoms with Crippen molar-refractivity contribution in [1.82, 2.24) is 0 Å². The minimum absolute atomic E-state index is 0.232. The summed E-state index contributed by atoms with van der Waals surface area (Å²) in [6.07, 6.45) is 2.92. The van der Waals surface area contributed by atoms with Gasteiger partial charge in [0.1, 0.15) is 12.0 Å². The molecule has 0 radical (unpaired) electrons. The molecular weight excluding hydrogens is 204 g/mol. The molecule has 0 heterocycles. The summed E-state index contributed by atoms with van der Waals surface area (Å²) in [6.45, 7) is 2.53. The highest BCUT2D eigenvalue weighted by Gasteiger charge is 2.00. The molecule has 0 saturated heterocycles. The normalized spacial score (nSPS) is 12.1. The van der Waals surface area contributed by atoms with E-state index in [9.17, 15) is 9.90 Å². The van der Waals surface area contributed by atoms with Gasteiger partial charge in [-0.05, 0) is 31.4 Å². The number of aliphatic hydroxyl groups excluding tert-OH is 1. The maximum atomic E-state index is 10.5. The molecule has 0 spiro atoms. The molecule has 1 unspecified atom stereocenters. The average Bonchev–Trinajstić information content (AvgIpc) is 2.34. The van der Waals surface area contributed by atoms with Crippen LogP contribution in [-0.2, 0) is 0 Å². The van der Waals surface area contributed by atoms with Crippen molar-refractivity contribution >= 4 is 6.29 Å². The van der Waals surface area contributed by atoms with E-state index in [1.165, 1.54) is 0 Å². The van der Waals surface area contributed by atoms with Gasteiger partial charge < -0.3 is 9.84 Å². The highest BCUT2D eigenvalue weighted by atomic mass is 16.5. The largest absolute Gasteiger partial charge is 0.494 e. The molecule has 88 valence electrons. The van der Waals surface area contributed by atoms with E-state index in [2.05, 4.69) is 0 Å². The lowest BCUT2D eigenvalue weighted by atomic mass is 10.1. The van der Waals surface area contributed by atoms with E-state index < -0.39 is 0 Å². The van der Waals surface area contributed by atoms with E-state index in [1.54, 1.807) is 18.2 Å². The van der Waals surface area contributed by atoms with Gasteiger partial charge in [0.05, 0.1) is 12.7 Å². The van der Waals surface area contributed by atoms with Crippen LogP contribution in [0.5, 0.6) is 5.75 Å². The number of ether oxygens (including phenoxy) is 1. The van der Waals surface area contributed by atoms with Gasteiger partial charge in [-0.2, -0.15) is 0 Å². The Hall–Kier alpha value is -1.35. The van der Waals surface area contributed by atoms with Crippen LogP contribution in [0.2, 0.25) is 0 Å². The molecule has 0 aliphatic heterocycles. The van der Waals surface area contributed by atoms with E-state index >= 15 is 0 Å². The summed E-state index contributed by atoms with van der Waals surface area (Å²) in [7, 11) is 0. The van der Waals surface area contributed by atoms with Crippen LogP contribution < -0.4 is 4.74 Å². The van der Waals surface area contributed by atoms with Crippen LogP contribution in [0.4, 0.5) is 0 Å². The van der Waals surface area contributed by atoms with Gasteiger partial charge in [0.15, 0.2) is 0 Å². The summed E-state index contributed by atoms with van der Waals surface area (Å²) in [4.78, 5) is 10.5. The Morgan fingerprint density at radius 3 is 3.00 bits per heavy atom. The van der Waals surface area contributed by atoms with E-state index in [-0.39, 0.29) is 6.10 Å². The third kappa shape index (κ3) is 4.45. The Bertz CT molecular complexity index is 323. The fourth-order valence-corrected chi connectivity index (χ4v) is 1.39. The lowest BCUT2D eigenvalue weighted by Crippen LogP contribution is -2.07. The molecule has 1 aromatic carbocycles. The summed E-state index contributed by atoms with van der Waals surface area (Å²) in [5.41, 5.74) is 0.617. The number of aliphatic hydroxyl groups is 1. The van der Waals surface area contributed by atoms with Crippen molar-refractivity contribution < 1.29 is 14.6 Å². The Morgan fingerprint density at radius 1 is 1.50 bits per heavy atom. The number of aldehydes is 1. The summed E-state index contributed by atoms with van der Waals surface area (Å²) in [5, 5.41) is 9.34. The van der Waals surface area contributed by atoms with Crippen molar-refractivity contribution in [3.05, 3.63) is 29.8 Å². The first-order valence-corrected chi connectivity index (χ1v) is 5.62. The third-order valence-electron chi connectivity index (χ3n) is 2.42. The van der Waals surface area contributed by atoms with Crippen LogP contribution >= 0.6 is 0 Å². The van der Waals surface area contributed by atoms with Crippen molar-refractivity contribution in [2.24, 2.45) is 0 Å². The average molecular weight is 222 g/mol. The molecule has 3 heteroatoms. The second kappa shape index (κ2) is 7.01. The van der Waals surface area contributed by atoms with Gasteiger partial charge >= 0.3 is 0 Å². The molecule has 0 aliphatic carbocycles. The van der Waals surface area contributed by atoms with E-state index in [1.807, 2.05) is 13.0 Å². The minimum Gasteiger partial charge on any atom is -0.494 e. The molecule has 0 fully saturated rings. The monoisotopic (exact) mass is 222 g/mol. The standard InChI is InChI=1S/C13H18O3/c1-2-12(15)6-4-8-16-13-7-3-5-11(9-13)10-14/h3,5,7,9-10,12,15H,2,4,6,8H2,1H3. The molecule has 0 bridgehead atoms. The maximum absolute atomic E-state index is 10.5. The number of rotatable bonds is 7. The van der Waals surface area contributed by atoms with Gasteiger partial charge in [-0.15, -0.1) is 0 Å².